The number of aromatic nitrogens is 6. The van der Waals surface area contributed by atoms with E-state index < -0.39 is 0 Å². The van der Waals surface area contributed by atoms with Crippen LogP contribution < -0.4 is 0 Å². The molecule has 0 atom stereocenters. The summed E-state index contributed by atoms with van der Waals surface area (Å²) in [5.74, 6) is 0.892. The largest absolute Gasteiger partial charge is 0.295 e. The fraction of sp³-hybridized carbons (Fsp3) is 0. The van der Waals surface area contributed by atoms with E-state index in [1.807, 2.05) is 18.3 Å². The molecular formula is C38H24N6. The second-order valence-corrected chi connectivity index (χ2v) is 11.2. The molecule has 0 spiro atoms. The van der Waals surface area contributed by atoms with E-state index in [2.05, 4.69) is 145 Å². The molecule has 0 aliphatic carbocycles. The van der Waals surface area contributed by atoms with Gasteiger partial charge in [-0.1, -0.05) is 66.7 Å². The van der Waals surface area contributed by atoms with Crippen LogP contribution in [0.15, 0.2) is 146 Å². The van der Waals surface area contributed by atoms with Gasteiger partial charge in [0.1, 0.15) is 11.3 Å². The molecule has 5 aromatic carbocycles. The molecule has 0 saturated carbocycles. The molecule has 5 aromatic heterocycles. The van der Waals surface area contributed by atoms with Crippen LogP contribution in [0.2, 0.25) is 0 Å². The highest BCUT2D eigenvalue weighted by Gasteiger charge is 2.23. The number of benzene rings is 5. The summed E-state index contributed by atoms with van der Waals surface area (Å²) in [5.41, 5.74) is 10.7. The van der Waals surface area contributed by atoms with Crippen LogP contribution >= 0.6 is 0 Å². The average Bonchev–Trinajstić information content (AvgIpc) is 3.80. The zero-order chi connectivity index (χ0) is 28.8. The summed E-state index contributed by atoms with van der Waals surface area (Å²) in [5, 5.41) is 3.54. The van der Waals surface area contributed by atoms with Crippen molar-refractivity contribution in [3.8, 4) is 17.1 Å². The van der Waals surface area contributed by atoms with E-state index in [4.69, 9.17) is 9.97 Å². The molecule has 5 heterocycles. The van der Waals surface area contributed by atoms with Crippen molar-refractivity contribution in [3.63, 3.8) is 0 Å². The smallest absolute Gasteiger partial charge is 0.220 e. The lowest BCUT2D eigenvalue weighted by Crippen LogP contribution is -2.03. The molecule has 0 unspecified atom stereocenters. The van der Waals surface area contributed by atoms with Crippen molar-refractivity contribution in [2.75, 3.05) is 0 Å². The number of nitrogens with zero attached hydrogens (tertiary/aromatic N) is 6. The van der Waals surface area contributed by atoms with E-state index >= 15 is 0 Å². The van der Waals surface area contributed by atoms with Gasteiger partial charge in [-0.05, 0) is 72.8 Å². The predicted octanol–water partition coefficient (Wildman–Crippen LogP) is 8.87. The van der Waals surface area contributed by atoms with Crippen LogP contribution in [0.4, 0.5) is 0 Å². The summed E-state index contributed by atoms with van der Waals surface area (Å²) in [7, 11) is 0. The van der Waals surface area contributed by atoms with Gasteiger partial charge in [-0.25, -0.2) is 9.97 Å². The van der Waals surface area contributed by atoms with E-state index in [1.165, 1.54) is 16.3 Å². The molecule has 0 saturated heterocycles. The Balaban J connectivity index is 1.33. The van der Waals surface area contributed by atoms with Crippen LogP contribution in [0, 0.1) is 0 Å². The number of hydrogen-bond acceptors (Lipinski definition) is 2. The standard InChI is InChI=1S/C38H24N6/c1-2-12-25(13-3-1)41-31-19-6-4-16-28(31)35-29-17-11-23-39-36(29)43(37(35)41)27-15-10-14-26(24-27)42-33-21-8-9-22-34(33)44-32-20-7-5-18-30(32)40-38(42)44/h1-24H. The molecule has 0 bridgehead atoms. The van der Waals surface area contributed by atoms with Crippen LogP contribution in [0.5, 0.6) is 0 Å². The van der Waals surface area contributed by atoms with E-state index in [1.54, 1.807) is 0 Å². The lowest BCUT2D eigenvalue weighted by atomic mass is 10.1. The minimum atomic E-state index is 0.892. The Morgan fingerprint density at radius 1 is 0.455 bits per heavy atom. The van der Waals surface area contributed by atoms with Gasteiger partial charge in [-0.3, -0.25) is 18.1 Å². The summed E-state index contributed by atoms with van der Waals surface area (Å²) in [6, 6.07) is 49.1. The quantitative estimate of drug-likeness (QED) is 0.215. The number of fused-ring (bicyclic) bond motifs is 10. The fourth-order valence-corrected chi connectivity index (χ4v) is 7.03. The molecule has 206 valence electrons. The van der Waals surface area contributed by atoms with Crippen LogP contribution in [0.1, 0.15) is 0 Å². The fourth-order valence-electron chi connectivity index (χ4n) is 7.03. The zero-order valence-electron chi connectivity index (χ0n) is 23.5. The predicted molar refractivity (Wildman–Crippen MR) is 178 cm³/mol. The lowest BCUT2D eigenvalue weighted by molar-refractivity contribution is 1.04. The topological polar surface area (TPSA) is 45.0 Å². The van der Waals surface area contributed by atoms with Gasteiger partial charge in [0.2, 0.25) is 5.78 Å². The normalized spacial score (nSPS) is 12.1. The van der Waals surface area contributed by atoms with E-state index in [9.17, 15) is 0 Å². The Morgan fingerprint density at radius 2 is 1.11 bits per heavy atom. The third-order valence-corrected chi connectivity index (χ3v) is 8.80. The number of rotatable bonds is 3. The van der Waals surface area contributed by atoms with Crippen molar-refractivity contribution in [2.24, 2.45) is 0 Å². The van der Waals surface area contributed by atoms with Gasteiger partial charge in [0.25, 0.3) is 0 Å². The lowest BCUT2D eigenvalue weighted by Gasteiger charge is -2.14. The molecule has 0 fully saturated rings. The Hall–Kier alpha value is -6.14. The third kappa shape index (κ3) is 3.03. The van der Waals surface area contributed by atoms with Crippen LogP contribution in [-0.4, -0.2) is 28.1 Å². The molecule has 10 rings (SSSR count). The molecule has 6 nitrogen and oxygen atoms in total. The zero-order valence-corrected chi connectivity index (χ0v) is 23.5. The maximum atomic E-state index is 5.11. The molecule has 0 aliphatic rings. The van der Waals surface area contributed by atoms with Gasteiger partial charge in [-0.15, -0.1) is 0 Å². The summed E-state index contributed by atoms with van der Waals surface area (Å²) in [6.45, 7) is 0. The summed E-state index contributed by atoms with van der Waals surface area (Å²) < 4.78 is 9.20. The Labute approximate surface area is 251 Å². The van der Waals surface area contributed by atoms with Crippen molar-refractivity contribution >= 4 is 60.8 Å². The summed E-state index contributed by atoms with van der Waals surface area (Å²) >= 11 is 0. The monoisotopic (exact) mass is 564 g/mol. The van der Waals surface area contributed by atoms with Crippen LogP contribution in [0.25, 0.3) is 77.9 Å². The summed E-state index contributed by atoms with van der Waals surface area (Å²) in [6.07, 6.45) is 1.88. The third-order valence-electron chi connectivity index (χ3n) is 8.80. The second kappa shape index (κ2) is 8.69. The SMILES string of the molecule is c1ccc(-n2c3ccccc3c3c4cccnc4n(-c4cccc(-n5c6ccccc6n6c7ccccc7nc56)c4)c32)cc1. The van der Waals surface area contributed by atoms with Gasteiger partial charge >= 0.3 is 0 Å². The molecule has 6 heteroatoms. The first kappa shape index (κ1) is 23.4. The first-order valence-corrected chi connectivity index (χ1v) is 14.8. The van der Waals surface area contributed by atoms with Crippen molar-refractivity contribution in [1.29, 1.82) is 0 Å². The molecule has 44 heavy (non-hydrogen) atoms. The highest BCUT2D eigenvalue weighted by atomic mass is 15.2. The molecule has 0 amide bonds. The highest BCUT2D eigenvalue weighted by Crippen LogP contribution is 2.40. The molecule has 0 radical (unpaired) electrons. The Kier molecular flexibility index (Phi) is 4.63. The van der Waals surface area contributed by atoms with Crippen molar-refractivity contribution in [3.05, 3.63) is 146 Å². The Morgan fingerprint density at radius 3 is 1.98 bits per heavy atom. The minimum absolute atomic E-state index is 0.892. The maximum Gasteiger partial charge on any atom is 0.220 e. The van der Waals surface area contributed by atoms with E-state index in [0.29, 0.717) is 0 Å². The molecule has 0 N–H and O–H groups in total. The number of imidazole rings is 2. The maximum absolute atomic E-state index is 5.11. The van der Waals surface area contributed by atoms with Crippen LogP contribution in [-0.2, 0) is 0 Å². The molecular weight excluding hydrogens is 540 g/mol. The van der Waals surface area contributed by atoms with Gasteiger partial charge in [-0.2, -0.15) is 0 Å². The average molecular weight is 565 g/mol. The number of para-hydroxylation sites is 6. The van der Waals surface area contributed by atoms with Crippen LogP contribution in [0.3, 0.4) is 0 Å². The van der Waals surface area contributed by atoms with Crippen molar-refractivity contribution in [2.45, 2.75) is 0 Å². The van der Waals surface area contributed by atoms with Gasteiger partial charge in [0, 0.05) is 28.0 Å². The summed E-state index contributed by atoms with van der Waals surface area (Å²) in [4.78, 5) is 10.1. The van der Waals surface area contributed by atoms with Crippen molar-refractivity contribution in [1.82, 2.24) is 28.1 Å². The Bertz CT molecular complexity index is 2720. The van der Waals surface area contributed by atoms with E-state index in [0.717, 1.165) is 61.6 Å². The van der Waals surface area contributed by atoms with Gasteiger partial charge < -0.3 is 0 Å². The van der Waals surface area contributed by atoms with E-state index in [-0.39, 0.29) is 0 Å². The molecule has 10 aromatic rings. The number of pyridine rings is 1. The van der Waals surface area contributed by atoms with Crippen molar-refractivity contribution < 1.29 is 0 Å². The minimum Gasteiger partial charge on any atom is -0.295 e. The van der Waals surface area contributed by atoms with Gasteiger partial charge in [0.05, 0.1) is 39.0 Å². The number of hydrogen-bond donors (Lipinski definition) is 0. The first-order valence-electron chi connectivity index (χ1n) is 14.8. The second-order valence-electron chi connectivity index (χ2n) is 11.2. The highest BCUT2D eigenvalue weighted by molar-refractivity contribution is 6.21. The molecule has 0 aliphatic heterocycles. The first-order chi connectivity index (χ1) is 21.9. The van der Waals surface area contributed by atoms with Gasteiger partial charge in [0.15, 0.2) is 0 Å².